The van der Waals surface area contributed by atoms with Crippen molar-refractivity contribution >= 4 is 29.9 Å². The van der Waals surface area contributed by atoms with Gasteiger partial charge in [-0.3, -0.25) is 9.88 Å². The number of aromatic nitrogens is 1. The standard InChI is InChI=1S/C19H33N5O2.HI/c1-6-20-19(22-12-15(3)24-7-9-26-10-8-24)23-13-17-16(4)18(25-5)14(2)11-21-17;/h11,15H,6-10,12-13H2,1-5H3,(H2,20,22,23);1H. The molecule has 0 amide bonds. The molecule has 2 heterocycles. The number of pyridine rings is 1. The zero-order valence-electron chi connectivity index (χ0n) is 17.2. The second kappa shape index (κ2) is 12.4. The van der Waals surface area contributed by atoms with E-state index in [1.165, 1.54) is 0 Å². The highest BCUT2D eigenvalue weighted by Gasteiger charge is 2.17. The van der Waals surface area contributed by atoms with Crippen molar-refractivity contribution < 1.29 is 9.47 Å². The van der Waals surface area contributed by atoms with Crippen LogP contribution in [0, 0.1) is 13.8 Å². The Hall–Kier alpha value is -1.13. The molecule has 0 bridgehead atoms. The number of ether oxygens (including phenoxy) is 2. The Morgan fingerprint density at radius 2 is 2.04 bits per heavy atom. The molecule has 2 N–H and O–H groups in total. The van der Waals surface area contributed by atoms with Crippen LogP contribution in [0.2, 0.25) is 0 Å². The van der Waals surface area contributed by atoms with Gasteiger partial charge >= 0.3 is 0 Å². The number of aliphatic imine (C=N–C) groups is 1. The predicted molar refractivity (Wildman–Crippen MR) is 120 cm³/mol. The second-order valence-electron chi connectivity index (χ2n) is 6.62. The van der Waals surface area contributed by atoms with Crippen LogP contribution < -0.4 is 15.4 Å². The molecule has 2 rings (SSSR count). The molecule has 1 saturated heterocycles. The van der Waals surface area contributed by atoms with E-state index >= 15 is 0 Å². The molecule has 0 aromatic carbocycles. The Labute approximate surface area is 180 Å². The third kappa shape index (κ3) is 7.08. The van der Waals surface area contributed by atoms with Gasteiger partial charge in [0.15, 0.2) is 5.96 Å². The first-order valence-corrected chi connectivity index (χ1v) is 9.39. The van der Waals surface area contributed by atoms with Crippen molar-refractivity contribution in [3.8, 4) is 5.75 Å². The summed E-state index contributed by atoms with van der Waals surface area (Å²) < 4.78 is 10.9. The fraction of sp³-hybridized carbons (Fsp3) is 0.684. The first-order valence-electron chi connectivity index (χ1n) is 9.39. The van der Waals surface area contributed by atoms with Crippen LogP contribution in [0.5, 0.6) is 5.75 Å². The zero-order chi connectivity index (χ0) is 18.9. The van der Waals surface area contributed by atoms with Crippen molar-refractivity contribution in [1.29, 1.82) is 0 Å². The molecule has 1 unspecified atom stereocenters. The minimum Gasteiger partial charge on any atom is -0.496 e. The molecule has 0 radical (unpaired) electrons. The van der Waals surface area contributed by atoms with E-state index in [0.29, 0.717) is 12.6 Å². The Kier molecular flexibility index (Phi) is 10.9. The predicted octanol–water partition coefficient (Wildman–Crippen LogP) is 2.10. The molecule has 1 aromatic heterocycles. The van der Waals surface area contributed by atoms with E-state index in [2.05, 4.69) is 34.4 Å². The van der Waals surface area contributed by atoms with Gasteiger partial charge in [-0.15, -0.1) is 24.0 Å². The van der Waals surface area contributed by atoms with Gasteiger partial charge in [0.05, 0.1) is 32.6 Å². The van der Waals surface area contributed by atoms with Crippen LogP contribution in [0.4, 0.5) is 0 Å². The van der Waals surface area contributed by atoms with Crippen molar-refractivity contribution in [3.63, 3.8) is 0 Å². The number of halogens is 1. The van der Waals surface area contributed by atoms with Crippen LogP contribution in [0.1, 0.15) is 30.7 Å². The number of rotatable bonds is 7. The lowest BCUT2D eigenvalue weighted by molar-refractivity contribution is 0.0211. The Balaban J connectivity index is 0.00000364. The molecule has 0 aliphatic carbocycles. The van der Waals surface area contributed by atoms with Gasteiger partial charge in [-0.25, -0.2) is 4.99 Å². The number of nitrogens with one attached hydrogen (secondary N) is 2. The Bertz CT molecular complexity index is 606. The number of aryl methyl sites for hydroxylation is 1. The van der Waals surface area contributed by atoms with E-state index in [-0.39, 0.29) is 24.0 Å². The van der Waals surface area contributed by atoms with Gasteiger partial charge in [0.25, 0.3) is 0 Å². The minimum atomic E-state index is 0. The van der Waals surface area contributed by atoms with E-state index in [1.54, 1.807) is 7.11 Å². The third-order valence-corrected chi connectivity index (χ3v) is 4.71. The summed E-state index contributed by atoms with van der Waals surface area (Å²) in [6.07, 6.45) is 1.84. The lowest BCUT2D eigenvalue weighted by Crippen LogP contribution is -2.49. The van der Waals surface area contributed by atoms with Gasteiger partial charge < -0.3 is 20.1 Å². The highest BCUT2D eigenvalue weighted by atomic mass is 127. The summed E-state index contributed by atoms with van der Waals surface area (Å²) >= 11 is 0. The maximum Gasteiger partial charge on any atom is 0.191 e. The van der Waals surface area contributed by atoms with Crippen molar-refractivity contribution in [1.82, 2.24) is 20.5 Å². The minimum absolute atomic E-state index is 0. The highest BCUT2D eigenvalue weighted by Crippen LogP contribution is 2.24. The summed E-state index contributed by atoms with van der Waals surface area (Å²) in [6.45, 7) is 14.1. The lowest BCUT2D eigenvalue weighted by Gasteiger charge is -2.32. The molecule has 1 aromatic rings. The number of hydrogen-bond acceptors (Lipinski definition) is 5. The highest BCUT2D eigenvalue weighted by molar-refractivity contribution is 14.0. The molecule has 1 aliphatic rings. The fourth-order valence-corrected chi connectivity index (χ4v) is 3.12. The van der Waals surface area contributed by atoms with Gasteiger partial charge in [-0.2, -0.15) is 0 Å². The van der Waals surface area contributed by atoms with E-state index in [9.17, 15) is 0 Å². The number of methoxy groups -OCH3 is 1. The second-order valence-corrected chi connectivity index (χ2v) is 6.62. The summed E-state index contributed by atoms with van der Waals surface area (Å²) in [5, 5.41) is 6.75. The van der Waals surface area contributed by atoms with E-state index in [1.807, 2.05) is 20.0 Å². The molecule has 0 saturated carbocycles. The summed E-state index contributed by atoms with van der Waals surface area (Å²) in [4.78, 5) is 11.7. The van der Waals surface area contributed by atoms with E-state index in [4.69, 9.17) is 14.5 Å². The molecule has 1 fully saturated rings. The van der Waals surface area contributed by atoms with E-state index in [0.717, 1.165) is 67.9 Å². The third-order valence-electron chi connectivity index (χ3n) is 4.71. The lowest BCUT2D eigenvalue weighted by atomic mass is 10.1. The summed E-state index contributed by atoms with van der Waals surface area (Å²) in [7, 11) is 1.70. The Morgan fingerprint density at radius 3 is 2.67 bits per heavy atom. The topological polar surface area (TPSA) is 71.0 Å². The fourth-order valence-electron chi connectivity index (χ4n) is 3.12. The average Bonchev–Trinajstić information content (AvgIpc) is 2.66. The van der Waals surface area contributed by atoms with Crippen molar-refractivity contribution in [3.05, 3.63) is 23.0 Å². The molecule has 27 heavy (non-hydrogen) atoms. The molecule has 154 valence electrons. The first kappa shape index (κ1) is 23.9. The van der Waals surface area contributed by atoms with Gasteiger partial charge in [0, 0.05) is 49.5 Å². The summed E-state index contributed by atoms with van der Waals surface area (Å²) in [5.41, 5.74) is 3.03. The van der Waals surface area contributed by atoms with E-state index < -0.39 is 0 Å². The van der Waals surface area contributed by atoms with Crippen molar-refractivity contribution in [2.75, 3.05) is 46.5 Å². The quantitative estimate of drug-likeness (QED) is 0.346. The number of hydrogen-bond donors (Lipinski definition) is 2. The summed E-state index contributed by atoms with van der Waals surface area (Å²) in [5.74, 6) is 1.71. The zero-order valence-corrected chi connectivity index (χ0v) is 19.5. The molecule has 1 aliphatic heterocycles. The largest absolute Gasteiger partial charge is 0.496 e. The maximum absolute atomic E-state index is 5.48. The monoisotopic (exact) mass is 491 g/mol. The number of morpholine rings is 1. The first-order chi connectivity index (χ1) is 12.6. The van der Waals surface area contributed by atoms with Crippen LogP contribution in [0.25, 0.3) is 0 Å². The Morgan fingerprint density at radius 1 is 1.33 bits per heavy atom. The normalized spacial score (nSPS) is 16.4. The SMILES string of the molecule is CCNC(=NCc1ncc(C)c(OC)c1C)NCC(C)N1CCOCC1.I. The van der Waals surface area contributed by atoms with Crippen LogP contribution >= 0.6 is 24.0 Å². The van der Waals surface area contributed by atoms with Crippen molar-refractivity contribution in [2.45, 2.75) is 40.3 Å². The van der Waals surface area contributed by atoms with Crippen LogP contribution in [0.3, 0.4) is 0 Å². The average molecular weight is 491 g/mol. The maximum atomic E-state index is 5.48. The number of nitrogens with zero attached hydrogens (tertiary/aromatic N) is 3. The molecule has 7 nitrogen and oxygen atoms in total. The number of guanidine groups is 1. The van der Waals surface area contributed by atoms with Crippen LogP contribution in [-0.4, -0.2) is 68.4 Å². The van der Waals surface area contributed by atoms with Crippen LogP contribution in [-0.2, 0) is 11.3 Å². The van der Waals surface area contributed by atoms with Gasteiger partial charge in [-0.1, -0.05) is 0 Å². The smallest absolute Gasteiger partial charge is 0.191 e. The van der Waals surface area contributed by atoms with Gasteiger partial charge in [0.2, 0.25) is 0 Å². The molecule has 0 spiro atoms. The van der Waals surface area contributed by atoms with Crippen molar-refractivity contribution in [2.24, 2.45) is 4.99 Å². The molecule has 1 atom stereocenters. The molecular weight excluding hydrogens is 457 g/mol. The molecule has 8 heteroatoms. The van der Waals surface area contributed by atoms with Gasteiger partial charge in [-0.05, 0) is 27.7 Å². The van der Waals surface area contributed by atoms with Crippen LogP contribution in [0.15, 0.2) is 11.2 Å². The molecular formula is C19H34IN5O2. The summed E-state index contributed by atoms with van der Waals surface area (Å²) in [6, 6.07) is 0.432. The van der Waals surface area contributed by atoms with Gasteiger partial charge in [0.1, 0.15) is 5.75 Å².